The summed E-state index contributed by atoms with van der Waals surface area (Å²) in [6, 6.07) is 0.743. The lowest BCUT2D eigenvalue weighted by Gasteiger charge is -2.32. The Morgan fingerprint density at radius 1 is 1.50 bits per heavy atom. The van der Waals surface area contributed by atoms with Crippen LogP contribution in [0.1, 0.15) is 18.9 Å². The van der Waals surface area contributed by atoms with E-state index in [4.69, 9.17) is 16.3 Å². The average Bonchev–Trinajstić information content (AvgIpc) is 2.71. The number of alkyl halides is 3. The lowest BCUT2D eigenvalue weighted by atomic mass is 9.92. The molecule has 16 heavy (non-hydrogen) atoms. The smallest absolute Gasteiger partial charge is 0.260 e. The summed E-state index contributed by atoms with van der Waals surface area (Å²) < 4.78 is 32.5. The summed E-state index contributed by atoms with van der Waals surface area (Å²) in [4.78, 5) is 0. The topological polar surface area (TPSA) is 27.1 Å². The van der Waals surface area contributed by atoms with E-state index in [1.165, 1.54) is 10.9 Å². The zero-order valence-electron chi connectivity index (χ0n) is 8.60. The Balaban J connectivity index is 2.13. The van der Waals surface area contributed by atoms with Crippen molar-refractivity contribution in [1.29, 1.82) is 0 Å². The molecule has 3 atom stereocenters. The van der Waals surface area contributed by atoms with Crippen molar-refractivity contribution in [3.8, 4) is 0 Å². The monoisotopic (exact) mass is 250 g/mol. The van der Waals surface area contributed by atoms with Gasteiger partial charge in [0.15, 0.2) is 0 Å². The molecule has 0 spiro atoms. The molecule has 2 heterocycles. The first kappa shape index (κ1) is 11.8. The highest BCUT2D eigenvalue weighted by Gasteiger charge is 2.35. The Bertz CT molecular complexity index is 321. The maximum Gasteiger partial charge on any atom is 0.260 e. The first-order chi connectivity index (χ1) is 7.68. The van der Waals surface area contributed by atoms with Gasteiger partial charge in [0.2, 0.25) is 0 Å². The van der Waals surface area contributed by atoms with E-state index >= 15 is 0 Å². The van der Waals surface area contributed by atoms with Crippen LogP contribution < -0.4 is 0 Å². The summed E-state index contributed by atoms with van der Waals surface area (Å²) in [6.07, 6.45) is 1.67. The molecule has 3 unspecified atom stereocenters. The van der Waals surface area contributed by atoms with E-state index in [0.29, 0.717) is 19.4 Å². The molecule has 1 saturated heterocycles. The van der Waals surface area contributed by atoms with Crippen LogP contribution in [0.15, 0.2) is 18.5 Å². The van der Waals surface area contributed by atoms with Crippen LogP contribution >= 0.6 is 11.6 Å². The van der Waals surface area contributed by atoms with Gasteiger partial charge in [-0.15, -0.1) is 0 Å². The molecule has 0 aromatic carbocycles. The number of aromatic nitrogens is 2. The second kappa shape index (κ2) is 5.10. The van der Waals surface area contributed by atoms with Gasteiger partial charge in [-0.1, -0.05) is 11.6 Å². The van der Waals surface area contributed by atoms with Gasteiger partial charge in [0, 0.05) is 19.0 Å². The number of ether oxygens (including phenoxy) is 1. The van der Waals surface area contributed by atoms with Crippen LogP contribution in [0.2, 0.25) is 0 Å². The summed E-state index contributed by atoms with van der Waals surface area (Å²) in [6.45, 7) is 0.434. The molecule has 6 heteroatoms. The molecule has 90 valence electrons. The number of rotatable bonds is 3. The Kier molecular flexibility index (Phi) is 3.76. The molecule has 0 aliphatic carbocycles. The molecular formula is C10H13ClF2N2O. The van der Waals surface area contributed by atoms with E-state index in [1.807, 2.05) is 0 Å². The predicted octanol–water partition coefficient (Wildman–Crippen LogP) is 2.68. The zero-order chi connectivity index (χ0) is 11.5. The summed E-state index contributed by atoms with van der Waals surface area (Å²) in [5.41, 5.74) is -0.462. The van der Waals surface area contributed by atoms with Gasteiger partial charge >= 0.3 is 0 Å². The fourth-order valence-electron chi connectivity index (χ4n) is 2.08. The third kappa shape index (κ3) is 2.52. The second-order valence-corrected chi connectivity index (χ2v) is 4.36. The summed E-state index contributed by atoms with van der Waals surface area (Å²) in [5.74, 6) is -0.184. The minimum absolute atomic E-state index is 0.184. The van der Waals surface area contributed by atoms with Crippen molar-refractivity contribution in [2.75, 3.05) is 6.61 Å². The second-order valence-electron chi connectivity index (χ2n) is 3.88. The molecule has 0 bridgehead atoms. The summed E-state index contributed by atoms with van der Waals surface area (Å²) in [5, 5.41) is 3.89. The Hall–Kier alpha value is -0.680. The van der Waals surface area contributed by atoms with E-state index in [1.54, 1.807) is 12.3 Å². The lowest BCUT2D eigenvalue weighted by Crippen LogP contribution is -2.33. The van der Waals surface area contributed by atoms with Gasteiger partial charge in [-0.2, -0.15) is 5.10 Å². The van der Waals surface area contributed by atoms with Gasteiger partial charge in [-0.05, 0) is 24.8 Å². The molecule has 1 aliphatic heterocycles. The van der Waals surface area contributed by atoms with E-state index in [-0.39, 0.29) is 5.92 Å². The predicted molar refractivity (Wildman–Crippen MR) is 55.6 cm³/mol. The van der Waals surface area contributed by atoms with Crippen LogP contribution in [-0.4, -0.2) is 28.4 Å². The molecule has 2 rings (SSSR count). The van der Waals surface area contributed by atoms with Gasteiger partial charge in [0.1, 0.15) is 11.6 Å². The first-order valence-electron chi connectivity index (χ1n) is 5.21. The summed E-state index contributed by atoms with van der Waals surface area (Å²) >= 11 is 5.82. The number of hydrogen-bond acceptors (Lipinski definition) is 2. The van der Waals surface area contributed by atoms with Crippen molar-refractivity contribution in [2.24, 2.45) is 5.92 Å². The van der Waals surface area contributed by atoms with Crippen LogP contribution in [-0.2, 0) is 4.74 Å². The van der Waals surface area contributed by atoms with Crippen molar-refractivity contribution < 1.29 is 13.5 Å². The maximum absolute atomic E-state index is 13.0. The van der Waals surface area contributed by atoms with E-state index in [0.717, 1.165) is 0 Å². The molecule has 0 N–H and O–H groups in total. The molecule has 1 fully saturated rings. The van der Waals surface area contributed by atoms with Crippen molar-refractivity contribution >= 4 is 11.6 Å². The van der Waals surface area contributed by atoms with Crippen molar-refractivity contribution in [2.45, 2.75) is 30.9 Å². The highest BCUT2D eigenvalue weighted by Crippen LogP contribution is 2.35. The summed E-state index contributed by atoms with van der Waals surface area (Å²) in [7, 11) is 0. The largest absolute Gasteiger partial charge is 0.362 e. The third-order valence-electron chi connectivity index (χ3n) is 2.85. The van der Waals surface area contributed by atoms with E-state index in [2.05, 4.69) is 5.10 Å². The number of halogens is 3. The molecule has 1 aromatic heterocycles. The van der Waals surface area contributed by atoms with Crippen molar-refractivity contribution in [3.63, 3.8) is 0 Å². The van der Waals surface area contributed by atoms with Gasteiger partial charge in [-0.3, -0.25) is 4.68 Å². The van der Waals surface area contributed by atoms with Crippen molar-refractivity contribution in [3.05, 3.63) is 18.5 Å². The van der Waals surface area contributed by atoms with Gasteiger partial charge in [0.05, 0.1) is 0 Å². The zero-order valence-corrected chi connectivity index (χ0v) is 9.36. The maximum atomic E-state index is 13.0. The SMILES string of the molecule is FC(F)C(C1CCOC(Cl)C1)n1cccn1. The van der Waals surface area contributed by atoms with E-state index < -0.39 is 18.0 Å². The first-order valence-corrected chi connectivity index (χ1v) is 5.65. The minimum Gasteiger partial charge on any atom is -0.362 e. The molecule has 3 nitrogen and oxygen atoms in total. The van der Waals surface area contributed by atoms with Crippen molar-refractivity contribution in [1.82, 2.24) is 9.78 Å². The molecule has 0 saturated carbocycles. The normalized spacial score (nSPS) is 28.2. The van der Waals surface area contributed by atoms with Crippen LogP contribution in [0.3, 0.4) is 0 Å². The fraction of sp³-hybridized carbons (Fsp3) is 0.700. The molecule has 1 aliphatic rings. The highest BCUT2D eigenvalue weighted by molar-refractivity contribution is 6.19. The van der Waals surface area contributed by atoms with E-state index in [9.17, 15) is 8.78 Å². The van der Waals surface area contributed by atoms with Crippen LogP contribution in [0.4, 0.5) is 8.78 Å². The van der Waals surface area contributed by atoms with Crippen LogP contribution in [0, 0.1) is 5.92 Å². The molecule has 0 radical (unpaired) electrons. The van der Waals surface area contributed by atoms with Gasteiger partial charge in [0.25, 0.3) is 6.43 Å². The highest BCUT2D eigenvalue weighted by atomic mass is 35.5. The van der Waals surface area contributed by atoms with Crippen LogP contribution in [0.25, 0.3) is 0 Å². The van der Waals surface area contributed by atoms with Crippen LogP contribution in [0.5, 0.6) is 0 Å². The van der Waals surface area contributed by atoms with Gasteiger partial charge < -0.3 is 4.74 Å². The lowest BCUT2D eigenvalue weighted by molar-refractivity contribution is -0.0211. The Morgan fingerprint density at radius 3 is 2.88 bits per heavy atom. The molecule has 0 amide bonds. The standard InChI is InChI=1S/C10H13ClF2N2O/c11-8-6-7(2-5-16-8)9(10(12)13)15-4-1-3-14-15/h1,3-4,7-10H,2,5-6H2. The fourth-order valence-corrected chi connectivity index (χ4v) is 2.39. The molecular weight excluding hydrogens is 238 g/mol. The Labute approximate surface area is 97.3 Å². The average molecular weight is 251 g/mol. The quantitative estimate of drug-likeness (QED) is 0.772. The minimum atomic E-state index is -2.44. The third-order valence-corrected chi connectivity index (χ3v) is 3.15. The van der Waals surface area contributed by atoms with Gasteiger partial charge in [-0.25, -0.2) is 8.78 Å². The number of nitrogens with zero attached hydrogens (tertiary/aromatic N) is 2. The Morgan fingerprint density at radius 2 is 2.31 bits per heavy atom. The molecule has 1 aromatic rings. The number of hydrogen-bond donors (Lipinski definition) is 0.